The zero-order valence-corrected chi connectivity index (χ0v) is 18.4. The number of carbonyl (C=O) groups excluding carboxylic acids is 3. The number of ether oxygens (including phenoxy) is 3. The fraction of sp³-hybridized carbons (Fsp3) is 0.192. The second-order valence-corrected chi connectivity index (χ2v) is 7.63. The van der Waals surface area contributed by atoms with E-state index < -0.39 is 24.5 Å². The lowest BCUT2D eigenvalue weighted by Crippen LogP contribution is -2.21. The number of anilines is 1. The fourth-order valence-electron chi connectivity index (χ4n) is 2.71. The number of hydrogen-bond acceptors (Lipinski definition) is 6. The minimum Gasteiger partial charge on any atom is -0.462 e. The summed E-state index contributed by atoms with van der Waals surface area (Å²) in [6.07, 6.45) is 0. The van der Waals surface area contributed by atoms with E-state index >= 15 is 0 Å². The maximum atomic E-state index is 12.2. The van der Waals surface area contributed by atoms with Crippen molar-refractivity contribution in [2.45, 2.75) is 13.8 Å². The number of carbonyl (C=O) groups is 3. The highest BCUT2D eigenvalue weighted by atomic mass is 16.5. The van der Waals surface area contributed by atoms with Crippen molar-refractivity contribution < 1.29 is 28.6 Å². The van der Waals surface area contributed by atoms with Crippen molar-refractivity contribution in [1.29, 1.82) is 0 Å². The topological polar surface area (TPSA) is 90.9 Å². The highest BCUT2D eigenvalue weighted by molar-refractivity contribution is 5.96. The molecule has 3 aromatic rings. The molecule has 0 aliphatic carbocycles. The smallest absolute Gasteiger partial charge is 0.338 e. The molecule has 0 fully saturated rings. The quantitative estimate of drug-likeness (QED) is 0.460. The molecule has 0 aliphatic heterocycles. The fourth-order valence-corrected chi connectivity index (χ4v) is 2.71. The molecule has 3 aromatic carbocycles. The van der Waals surface area contributed by atoms with Crippen LogP contribution in [0.25, 0.3) is 0 Å². The monoisotopic (exact) mass is 447 g/mol. The van der Waals surface area contributed by atoms with Gasteiger partial charge in [-0.3, -0.25) is 4.79 Å². The molecule has 7 nitrogen and oxygen atoms in total. The number of nitrogens with one attached hydrogen (secondary N) is 1. The summed E-state index contributed by atoms with van der Waals surface area (Å²) >= 11 is 0. The highest BCUT2D eigenvalue weighted by Gasteiger charge is 2.12. The number of benzene rings is 3. The Kier molecular flexibility index (Phi) is 8.18. The van der Waals surface area contributed by atoms with Crippen LogP contribution < -0.4 is 10.1 Å². The van der Waals surface area contributed by atoms with Crippen molar-refractivity contribution in [2.75, 3.05) is 18.5 Å². The predicted molar refractivity (Wildman–Crippen MR) is 123 cm³/mol. The van der Waals surface area contributed by atoms with Gasteiger partial charge < -0.3 is 19.5 Å². The molecule has 1 amide bonds. The largest absolute Gasteiger partial charge is 0.462 e. The molecule has 0 heterocycles. The van der Waals surface area contributed by atoms with Crippen LogP contribution in [0.4, 0.5) is 5.69 Å². The Bertz CT molecular complexity index is 1080. The van der Waals surface area contributed by atoms with Crippen LogP contribution in [0, 0.1) is 5.92 Å². The first-order chi connectivity index (χ1) is 15.9. The van der Waals surface area contributed by atoms with Gasteiger partial charge in [0.25, 0.3) is 5.91 Å². The molecule has 170 valence electrons. The number of para-hydroxylation sites is 1. The molecule has 0 saturated heterocycles. The van der Waals surface area contributed by atoms with Crippen molar-refractivity contribution in [1.82, 2.24) is 0 Å². The molecule has 0 unspecified atom stereocenters. The maximum absolute atomic E-state index is 12.2. The standard InChI is InChI=1S/C26H25NO6/c1-18(2)16-31-25(29)19-8-12-21(13-9-19)27-24(28)17-32-26(30)20-10-14-23(15-11-20)33-22-6-4-3-5-7-22/h3-15,18H,16-17H2,1-2H3,(H,27,28). The van der Waals surface area contributed by atoms with Crippen LogP contribution in [0.3, 0.4) is 0 Å². The summed E-state index contributed by atoms with van der Waals surface area (Å²) < 4.78 is 15.9. The zero-order valence-electron chi connectivity index (χ0n) is 18.4. The summed E-state index contributed by atoms with van der Waals surface area (Å²) in [4.78, 5) is 36.2. The first kappa shape index (κ1) is 23.5. The average molecular weight is 447 g/mol. The Balaban J connectivity index is 1.45. The van der Waals surface area contributed by atoms with Crippen molar-refractivity contribution >= 4 is 23.5 Å². The third-order valence-corrected chi connectivity index (χ3v) is 4.36. The zero-order chi connectivity index (χ0) is 23.6. The molecule has 0 bridgehead atoms. The van der Waals surface area contributed by atoms with E-state index in [1.807, 2.05) is 44.2 Å². The van der Waals surface area contributed by atoms with Crippen LogP contribution in [-0.2, 0) is 14.3 Å². The molecule has 0 aliphatic rings. The van der Waals surface area contributed by atoms with Crippen LogP contribution in [0.1, 0.15) is 34.6 Å². The predicted octanol–water partition coefficient (Wildman–Crippen LogP) is 5.09. The van der Waals surface area contributed by atoms with Gasteiger partial charge in [0.2, 0.25) is 0 Å². The molecular weight excluding hydrogens is 422 g/mol. The van der Waals surface area contributed by atoms with Crippen LogP contribution in [0.2, 0.25) is 0 Å². The summed E-state index contributed by atoms with van der Waals surface area (Å²) in [5.41, 5.74) is 1.16. The highest BCUT2D eigenvalue weighted by Crippen LogP contribution is 2.21. The number of esters is 2. The van der Waals surface area contributed by atoms with Gasteiger partial charge in [0.05, 0.1) is 17.7 Å². The minimum atomic E-state index is -0.625. The van der Waals surface area contributed by atoms with E-state index in [1.165, 1.54) is 0 Å². The molecule has 0 aromatic heterocycles. The van der Waals surface area contributed by atoms with Gasteiger partial charge in [-0.1, -0.05) is 32.0 Å². The molecule has 1 N–H and O–H groups in total. The van der Waals surface area contributed by atoms with E-state index in [9.17, 15) is 14.4 Å². The van der Waals surface area contributed by atoms with Crippen LogP contribution in [0.5, 0.6) is 11.5 Å². The van der Waals surface area contributed by atoms with Gasteiger partial charge >= 0.3 is 11.9 Å². The molecule has 0 radical (unpaired) electrons. The lowest BCUT2D eigenvalue weighted by atomic mass is 10.2. The van der Waals surface area contributed by atoms with E-state index in [0.717, 1.165) is 0 Å². The van der Waals surface area contributed by atoms with Crippen LogP contribution in [0.15, 0.2) is 78.9 Å². The van der Waals surface area contributed by atoms with Gasteiger partial charge in [-0.05, 0) is 66.6 Å². The van der Waals surface area contributed by atoms with E-state index in [0.29, 0.717) is 34.9 Å². The first-order valence-electron chi connectivity index (χ1n) is 10.5. The first-order valence-corrected chi connectivity index (χ1v) is 10.5. The Morgan fingerprint density at radius 3 is 1.88 bits per heavy atom. The second-order valence-electron chi connectivity index (χ2n) is 7.63. The van der Waals surface area contributed by atoms with Crippen molar-refractivity contribution in [3.05, 3.63) is 90.0 Å². The Morgan fingerprint density at radius 2 is 1.27 bits per heavy atom. The summed E-state index contributed by atoms with van der Waals surface area (Å²) in [6.45, 7) is 3.80. The lowest BCUT2D eigenvalue weighted by Gasteiger charge is -2.09. The van der Waals surface area contributed by atoms with E-state index in [-0.39, 0.29) is 5.92 Å². The van der Waals surface area contributed by atoms with Gasteiger partial charge in [0, 0.05) is 5.69 Å². The third kappa shape index (κ3) is 7.50. The molecule has 7 heteroatoms. The summed E-state index contributed by atoms with van der Waals surface area (Å²) in [5, 5.41) is 2.61. The third-order valence-electron chi connectivity index (χ3n) is 4.36. The molecule has 3 rings (SSSR count). The van der Waals surface area contributed by atoms with E-state index in [1.54, 1.807) is 48.5 Å². The summed E-state index contributed by atoms with van der Waals surface area (Å²) in [7, 11) is 0. The van der Waals surface area contributed by atoms with Gasteiger partial charge in [0.15, 0.2) is 6.61 Å². The lowest BCUT2D eigenvalue weighted by molar-refractivity contribution is -0.119. The van der Waals surface area contributed by atoms with Crippen molar-refractivity contribution in [3.63, 3.8) is 0 Å². The molecule has 0 saturated carbocycles. The number of rotatable bonds is 9. The maximum Gasteiger partial charge on any atom is 0.338 e. The number of hydrogen-bond donors (Lipinski definition) is 1. The molecule has 0 spiro atoms. The summed E-state index contributed by atoms with van der Waals surface area (Å²) in [6, 6.07) is 22.0. The number of amides is 1. The Labute approximate surface area is 192 Å². The molecule has 0 atom stereocenters. The molecular formula is C26H25NO6. The van der Waals surface area contributed by atoms with Gasteiger partial charge in [-0.2, -0.15) is 0 Å². The normalized spacial score (nSPS) is 10.4. The van der Waals surface area contributed by atoms with E-state index in [2.05, 4.69) is 5.32 Å². The van der Waals surface area contributed by atoms with Gasteiger partial charge in [0.1, 0.15) is 11.5 Å². The van der Waals surface area contributed by atoms with Gasteiger partial charge in [-0.25, -0.2) is 9.59 Å². The van der Waals surface area contributed by atoms with Crippen LogP contribution in [-0.4, -0.2) is 31.1 Å². The molecule has 33 heavy (non-hydrogen) atoms. The van der Waals surface area contributed by atoms with E-state index in [4.69, 9.17) is 14.2 Å². The Morgan fingerprint density at radius 1 is 0.727 bits per heavy atom. The Hall–Kier alpha value is -4.13. The van der Waals surface area contributed by atoms with Crippen molar-refractivity contribution in [2.24, 2.45) is 5.92 Å². The summed E-state index contributed by atoms with van der Waals surface area (Å²) in [5.74, 6) is -0.0364. The average Bonchev–Trinajstić information content (AvgIpc) is 2.82. The SMILES string of the molecule is CC(C)COC(=O)c1ccc(NC(=O)COC(=O)c2ccc(Oc3ccccc3)cc2)cc1. The van der Waals surface area contributed by atoms with Crippen LogP contribution >= 0.6 is 0 Å². The second kappa shape index (κ2) is 11.5. The van der Waals surface area contributed by atoms with Gasteiger partial charge in [-0.15, -0.1) is 0 Å². The minimum absolute atomic E-state index is 0.246. The van der Waals surface area contributed by atoms with Crippen molar-refractivity contribution in [3.8, 4) is 11.5 Å².